The van der Waals surface area contributed by atoms with Crippen molar-refractivity contribution in [1.29, 1.82) is 0 Å². The predicted octanol–water partition coefficient (Wildman–Crippen LogP) is 1.49. The van der Waals surface area contributed by atoms with E-state index >= 15 is 0 Å². The summed E-state index contributed by atoms with van der Waals surface area (Å²) >= 11 is 0. The second kappa shape index (κ2) is 8.56. The Bertz CT molecular complexity index is 833. The van der Waals surface area contributed by atoms with Crippen molar-refractivity contribution in [2.75, 3.05) is 6.61 Å². The van der Waals surface area contributed by atoms with Gasteiger partial charge in [0.1, 0.15) is 5.75 Å². The van der Waals surface area contributed by atoms with Crippen LogP contribution in [0.3, 0.4) is 0 Å². The van der Waals surface area contributed by atoms with Crippen molar-refractivity contribution in [1.82, 2.24) is 5.32 Å². The molecule has 1 heterocycles. The molecule has 3 N–H and O–H groups in total. The van der Waals surface area contributed by atoms with Gasteiger partial charge in [0.05, 0.1) is 6.61 Å². The Kier molecular flexibility index (Phi) is 5.93. The van der Waals surface area contributed by atoms with Crippen LogP contribution < -0.4 is 15.8 Å². The fraction of sp³-hybridized carbons (Fsp3) is 0.286. The molecule has 2 aromatic carbocycles. The molecule has 0 aliphatic carbocycles. The van der Waals surface area contributed by atoms with E-state index in [0.717, 1.165) is 24.2 Å². The highest BCUT2D eigenvalue weighted by Crippen LogP contribution is 2.22. The van der Waals surface area contributed by atoms with E-state index in [9.17, 15) is 14.4 Å². The largest absolute Gasteiger partial charge is 0.494 e. The average molecular weight is 382 g/mol. The smallest absolute Gasteiger partial charge is 0.399 e. The van der Waals surface area contributed by atoms with Gasteiger partial charge in [-0.25, -0.2) is 4.79 Å². The number of aryl methyl sites for hydroxylation is 2. The molecule has 0 radical (unpaired) electrons. The number of amides is 2. The van der Waals surface area contributed by atoms with Crippen LogP contribution in [0.5, 0.6) is 5.75 Å². The van der Waals surface area contributed by atoms with Crippen molar-refractivity contribution in [2.45, 2.75) is 31.4 Å². The van der Waals surface area contributed by atoms with Crippen LogP contribution in [-0.4, -0.2) is 30.1 Å². The van der Waals surface area contributed by atoms with Crippen molar-refractivity contribution in [3.05, 3.63) is 65.7 Å². The maximum absolute atomic E-state index is 11.6. The van der Waals surface area contributed by atoms with E-state index in [1.54, 1.807) is 0 Å². The zero-order chi connectivity index (χ0) is 20.0. The number of ether oxygens (including phenoxy) is 2. The molecule has 146 valence electrons. The highest BCUT2D eigenvalue weighted by molar-refractivity contribution is 6.35. The van der Waals surface area contributed by atoms with Crippen molar-refractivity contribution < 1.29 is 23.9 Å². The Morgan fingerprint density at radius 3 is 2.29 bits per heavy atom. The van der Waals surface area contributed by atoms with E-state index in [1.807, 2.05) is 42.5 Å². The first kappa shape index (κ1) is 19.4. The van der Waals surface area contributed by atoms with E-state index in [1.165, 1.54) is 5.56 Å². The number of benzene rings is 2. The monoisotopic (exact) mass is 382 g/mol. The molecule has 2 amide bonds. The van der Waals surface area contributed by atoms with Gasteiger partial charge in [0.15, 0.2) is 0 Å². The topological polar surface area (TPSA) is 108 Å². The number of rotatable bonds is 9. The summed E-state index contributed by atoms with van der Waals surface area (Å²) in [6.07, 6.45) is 2.33. The molecule has 7 nitrogen and oxygen atoms in total. The fourth-order valence-corrected chi connectivity index (χ4v) is 3.00. The third kappa shape index (κ3) is 4.68. The normalized spacial score (nSPS) is 18.4. The molecule has 1 saturated heterocycles. The molecule has 1 unspecified atom stereocenters. The standard InChI is InChI=1S/C21H22N2O5/c22-20(26)21(23-18(24)19(25)28-21)13-12-16-8-10-17(11-9-16)27-14-4-7-15-5-2-1-3-6-15/h1-3,5-6,8-11H,4,7,12-14H2,(H2,22,26)(H,23,24). The molecule has 28 heavy (non-hydrogen) atoms. The van der Waals surface area contributed by atoms with Gasteiger partial charge in [-0.2, -0.15) is 0 Å². The van der Waals surface area contributed by atoms with Crippen molar-refractivity contribution >= 4 is 17.8 Å². The molecular formula is C21H22N2O5. The van der Waals surface area contributed by atoms with Crippen LogP contribution in [0, 0.1) is 0 Å². The SMILES string of the molecule is NC(=O)C1(CCc2ccc(OCCCc3ccccc3)cc2)NC(=O)C(=O)O1. The maximum atomic E-state index is 11.6. The third-order valence-corrected chi connectivity index (χ3v) is 4.58. The summed E-state index contributed by atoms with van der Waals surface area (Å²) in [5.41, 5.74) is 5.71. The molecule has 0 saturated carbocycles. The summed E-state index contributed by atoms with van der Waals surface area (Å²) in [5, 5.41) is 2.24. The molecule has 0 aromatic heterocycles. The molecular weight excluding hydrogens is 360 g/mol. The molecule has 1 atom stereocenters. The third-order valence-electron chi connectivity index (χ3n) is 4.58. The summed E-state index contributed by atoms with van der Waals surface area (Å²) in [6, 6.07) is 17.6. The number of cyclic esters (lactones) is 1. The van der Waals surface area contributed by atoms with Gasteiger partial charge < -0.3 is 20.5 Å². The van der Waals surface area contributed by atoms with Crippen LogP contribution in [0.2, 0.25) is 0 Å². The van der Waals surface area contributed by atoms with Gasteiger partial charge in [-0.05, 0) is 42.5 Å². The second-order valence-corrected chi connectivity index (χ2v) is 6.62. The molecule has 3 rings (SSSR count). The molecule has 1 fully saturated rings. The average Bonchev–Trinajstić information content (AvgIpc) is 3.00. The minimum Gasteiger partial charge on any atom is -0.494 e. The zero-order valence-corrected chi connectivity index (χ0v) is 15.4. The molecule has 7 heteroatoms. The number of carbonyl (C=O) groups excluding carboxylic acids is 3. The number of hydrogen-bond acceptors (Lipinski definition) is 5. The van der Waals surface area contributed by atoms with Crippen LogP contribution in [-0.2, 0) is 32.0 Å². The number of hydrogen-bond donors (Lipinski definition) is 2. The minimum absolute atomic E-state index is 0.0666. The number of primary amides is 1. The minimum atomic E-state index is -1.78. The number of esters is 1. The van der Waals surface area contributed by atoms with Crippen molar-refractivity contribution in [3.63, 3.8) is 0 Å². The van der Waals surface area contributed by atoms with E-state index in [4.69, 9.17) is 15.2 Å². The summed E-state index contributed by atoms with van der Waals surface area (Å²) in [5.74, 6) is -2.21. The highest BCUT2D eigenvalue weighted by Gasteiger charge is 2.50. The first-order valence-electron chi connectivity index (χ1n) is 9.09. The summed E-state index contributed by atoms with van der Waals surface area (Å²) < 4.78 is 10.6. The Balaban J connectivity index is 1.47. The highest BCUT2D eigenvalue weighted by atomic mass is 16.6. The Labute approximate surface area is 162 Å². The lowest BCUT2D eigenvalue weighted by atomic mass is 10.0. The van der Waals surface area contributed by atoms with Crippen LogP contribution in [0.4, 0.5) is 0 Å². The second-order valence-electron chi connectivity index (χ2n) is 6.62. The van der Waals surface area contributed by atoms with Crippen molar-refractivity contribution in [3.8, 4) is 5.75 Å². The Morgan fingerprint density at radius 2 is 1.68 bits per heavy atom. The quantitative estimate of drug-likeness (QED) is 0.388. The fourth-order valence-electron chi connectivity index (χ4n) is 3.00. The summed E-state index contributed by atoms with van der Waals surface area (Å²) in [6.45, 7) is 0.612. The molecule has 0 spiro atoms. The Morgan fingerprint density at radius 1 is 1.00 bits per heavy atom. The maximum Gasteiger partial charge on any atom is 0.399 e. The first-order chi connectivity index (χ1) is 13.5. The van der Waals surface area contributed by atoms with Crippen molar-refractivity contribution in [2.24, 2.45) is 5.73 Å². The van der Waals surface area contributed by atoms with E-state index in [2.05, 4.69) is 17.4 Å². The van der Waals surface area contributed by atoms with Gasteiger partial charge in [-0.3, -0.25) is 9.59 Å². The molecule has 1 aliphatic rings. The summed E-state index contributed by atoms with van der Waals surface area (Å²) in [4.78, 5) is 34.3. The number of nitrogens with two attached hydrogens (primary N) is 1. The van der Waals surface area contributed by atoms with Gasteiger partial charge in [0, 0.05) is 6.42 Å². The van der Waals surface area contributed by atoms with Gasteiger partial charge in [0.2, 0.25) is 0 Å². The van der Waals surface area contributed by atoms with Gasteiger partial charge in [-0.1, -0.05) is 42.5 Å². The van der Waals surface area contributed by atoms with Crippen LogP contribution in [0.25, 0.3) is 0 Å². The zero-order valence-electron chi connectivity index (χ0n) is 15.4. The Hall–Kier alpha value is -3.35. The molecule has 0 bridgehead atoms. The molecule has 2 aromatic rings. The van der Waals surface area contributed by atoms with Crippen LogP contribution >= 0.6 is 0 Å². The van der Waals surface area contributed by atoms with Gasteiger partial charge >= 0.3 is 11.9 Å². The number of carbonyl (C=O) groups is 3. The lowest BCUT2D eigenvalue weighted by Gasteiger charge is -2.23. The predicted molar refractivity (Wildman–Crippen MR) is 101 cm³/mol. The lowest BCUT2D eigenvalue weighted by molar-refractivity contribution is -0.160. The van der Waals surface area contributed by atoms with Gasteiger partial charge in [-0.15, -0.1) is 0 Å². The van der Waals surface area contributed by atoms with E-state index in [0.29, 0.717) is 13.0 Å². The van der Waals surface area contributed by atoms with Crippen LogP contribution in [0.1, 0.15) is 24.0 Å². The van der Waals surface area contributed by atoms with Crippen LogP contribution in [0.15, 0.2) is 54.6 Å². The molecule has 1 aliphatic heterocycles. The first-order valence-corrected chi connectivity index (χ1v) is 9.09. The summed E-state index contributed by atoms with van der Waals surface area (Å²) in [7, 11) is 0. The van der Waals surface area contributed by atoms with E-state index < -0.39 is 23.5 Å². The number of nitrogens with one attached hydrogen (secondary N) is 1. The van der Waals surface area contributed by atoms with Gasteiger partial charge in [0.25, 0.3) is 11.6 Å². The lowest BCUT2D eigenvalue weighted by Crippen LogP contribution is -2.54. The van der Waals surface area contributed by atoms with E-state index in [-0.39, 0.29) is 6.42 Å².